The molecule has 0 aliphatic carbocycles. The molecule has 0 saturated carbocycles. The van der Waals surface area contributed by atoms with E-state index in [1.54, 1.807) is 6.92 Å². The highest BCUT2D eigenvalue weighted by molar-refractivity contribution is 5.95. The second-order valence-electron chi connectivity index (χ2n) is 5.75. The molecule has 1 amide bonds. The third-order valence-corrected chi connectivity index (χ3v) is 3.37. The summed E-state index contributed by atoms with van der Waals surface area (Å²) in [5.74, 6) is 0.0431. The van der Waals surface area contributed by atoms with Gasteiger partial charge in [-0.3, -0.25) is 19.1 Å². The molecule has 0 bridgehead atoms. The van der Waals surface area contributed by atoms with Crippen molar-refractivity contribution in [1.82, 2.24) is 9.55 Å². The fourth-order valence-corrected chi connectivity index (χ4v) is 2.25. The standard InChI is InChI=1S/C15H26N4O3/c1-5-7-8-18-13(16)12(14(21)17-15(18)22)19(9-10(3)4)11(20)6-2/h10H,5-9,16H2,1-4H3,(H,17,21,22). The molecule has 0 spiro atoms. The van der Waals surface area contributed by atoms with Gasteiger partial charge in [0.1, 0.15) is 5.82 Å². The number of nitrogens with zero attached hydrogens (tertiary/aromatic N) is 2. The van der Waals surface area contributed by atoms with Crippen LogP contribution in [0.1, 0.15) is 47.0 Å². The van der Waals surface area contributed by atoms with E-state index in [0.29, 0.717) is 13.1 Å². The number of hydrogen-bond acceptors (Lipinski definition) is 4. The van der Waals surface area contributed by atoms with E-state index in [0.717, 1.165) is 12.8 Å². The summed E-state index contributed by atoms with van der Waals surface area (Å²) in [6.07, 6.45) is 1.92. The van der Waals surface area contributed by atoms with Gasteiger partial charge in [-0.15, -0.1) is 0 Å². The molecule has 0 aliphatic rings. The van der Waals surface area contributed by atoms with Crippen molar-refractivity contribution in [3.63, 3.8) is 0 Å². The zero-order valence-electron chi connectivity index (χ0n) is 13.8. The largest absolute Gasteiger partial charge is 0.383 e. The van der Waals surface area contributed by atoms with Gasteiger partial charge in [0.05, 0.1) is 0 Å². The van der Waals surface area contributed by atoms with Gasteiger partial charge in [-0.2, -0.15) is 0 Å². The number of amides is 1. The SMILES string of the molecule is CCCCn1c(N)c(N(CC(C)C)C(=O)CC)c(=O)[nH]c1=O. The van der Waals surface area contributed by atoms with Gasteiger partial charge >= 0.3 is 5.69 Å². The van der Waals surface area contributed by atoms with E-state index in [1.807, 2.05) is 20.8 Å². The highest BCUT2D eigenvalue weighted by Gasteiger charge is 2.23. The Morgan fingerprint density at radius 2 is 1.95 bits per heavy atom. The Balaban J connectivity index is 3.45. The van der Waals surface area contributed by atoms with Gasteiger partial charge in [0.2, 0.25) is 5.91 Å². The number of unbranched alkanes of at least 4 members (excludes halogenated alkanes) is 1. The van der Waals surface area contributed by atoms with E-state index in [1.165, 1.54) is 9.47 Å². The minimum absolute atomic E-state index is 0.0599. The predicted molar refractivity (Wildman–Crippen MR) is 88.1 cm³/mol. The summed E-state index contributed by atoms with van der Waals surface area (Å²) in [5, 5.41) is 0. The maximum atomic E-state index is 12.2. The molecule has 3 N–H and O–H groups in total. The second-order valence-corrected chi connectivity index (χ2v) is 5.75. The average Bonchev–Trinajstić information content (AvgIpc) is 2.44. The van der Waals surface area contributed by atoms with E-state index < -0.39 is 11.2 Å². The first kappa shape index (κ1) is 18.0. The molecule has 7 nitrogen and oxygen atoms in total. The van der Waals surface area contributed by atoms with E-state index in [-0.39, 0.29) is 29.8 Å². The number of rotatable bonds is 7. The molecular weight excluding hydrogens is 284 g/mol. The predicted octanol–water partition coefficient (Wildman–Crippen LogP) is 1.32. The molecule has 124 valence electrons. The minimum atomic E-state index is -0.613. The Labute approximate surface area is 130 Å². The summed E-state index contributed by atoms with van der Waals surface area (Å²) in [6, 6.07) is 0. The lowest BCUT2D eigenvalue weighted by molar-refractivity contribution is -0.118. The number of nitrogen functional groups attached to an aromatic ring is 1. The Bertz CT molecular complexity index is 631. The number of hydrogen-bond donors (Lipinski definition) is 2. The molecule has 0 aliphatic heterocycles. The molecule has 0 unspecified atom stereocenters. The highest BCUT2D eigenvalue weighted by atomic mass is 16.2. The van der Waals surface area contributed by atoms with Crippen LogP contribution in [0.5, 0.6) is 0 Å². The average molecular weight is 310 g/mol. The fraction of sp³-hybridized carbons (Fsp3) is 0.667. The van der Waals surface area contributed by atoms with Crippen molar-refractivity contribution >= 4 is 17.4 Å². The molecule has 7 heteroatoms. The summed E-state index contributed by atoms with van der Waals surface area (Å²) in [7, 11) is 0. The number of nitrogens with one attached hydrogen (secondary N) is 1. The van der Waals surface area contributed by atoms with E-state index in [2.05, 4.69) is 4.98 Å². The highest BCUT2D eigenvalue weighted by Crippen LogP contribution is 2.19. The Morgan fingerprint density at radius 3 is 2.45 bits per heavy atom. The summed E-state index contributed by atoms with van der Waals surface area (Å²) in [6.45, 7) is 8.43. The molecule has 0 saturated heterocycles. The summed E-state index contributed by atoms with van der Waals surface area (Å²) in [4.78, 5) is 40.0. The number of nitrogens with two attached hydrogens (primary N) is 1. The first-order valence-electron chi connectivity index (χ1n) is 7.76. The lowest BCUT2D eigenvalue weighted by Gasteiger charge is -2.25. The van der Waals surface area contributed by atoms with Crippen molar-refractivity contribution in [3.05, 3.63) is 20.8 Å². The first-order valence-corrected chi connectivity index (χ1v) is 7.76. The maximum Gasteiger partial charge on any atom is 0.330 e. The Kier molecular flexibility index (Phi) is 6.39. The molecule has 22 heavy (non-hydrogen) atoms. The minimum Gasteiger partial charge on any atom is -0.383 e. The van der Waals surface area contributed by atoms with Crippen molar-refractivity contribution in [2.75, 3.05) is 17.2 Å². The molecule has 0 radical (unpaired) electrons. The lowest BCUT2D eigenvalue weighted by atomic mass is 10.2. The topological polar surface area (TPSA) is 101 Å². The van der Waals surface area contributed by atoms with Crippen molar-refractivity contribution < 1.29 is 4.79 Å². The summed E-state index contributed by atoms with van der Waals surface area (Å²) < 4.78 is 1.33. The summed E-state index contributed by atoms with van der Waals surface area (Å²) in [5.41, 5.74) is 4.98. The van der Waals surface area contributed by atoms with Crippen LogP contribution in [-0.2, 0) is 11.3 Å². The van der Waals surface area contributed by atoms with Gasteiger partial charge in [-0.25, -0.2) is 4.79 Å². The molecule has 1 rings (SSSR count). The molecule has 0 aromatic carbocycles. The van der Waals surface area contributed by atoms with Gasteiger partial charge in [0, 0.05) is 19.5 Å². The lowest BCUT2D eigenvalue weighted by Crippen LogP contribution is -2.42. The third kappa shape index (κ3) is 3.99. The van der Waals surface area contributed by atoms with E-state index in [4.69, 9.17) is 5.73 Å². The number of aromatic nitrogens is 2. The van der Waals surface area contributed by atoms with Gasteiger partial charge in [-0.1, -0.05) is 34.1 Å². The Hall–Kier alpha value is -2.05. The number of anilines is 2. The van der Waals surface area contributed by atoms with Crippen molar-refractivity contribution in [3.8, 4) is 0 Å². The van der Waals surface area contributed by atoms with Crippen molar-refractivity contribution in [2.24, 2.45) is 5.92 Å². The van der Waals surface area contributed by atoms with E-state index >= 15 is 0 Å². The van der Waals surface area contributed by atoms with Crippen LogP contribution in [0.3, 0.4) is 0 Å². The summed E-state index contributed by atoms with van der Waals surface area (Å²) >= 11 is 0. The van der Waals surface area contributed by atoms with Crippen LogP contribution >= 0.6 is 0 Å². The first-order chi connectivity index (χ1) is 10.3. The molecule has 1 aromatic rings. The zero-order chi connectivity index (χ0) is 16.9. The maximum absolute atomic E-state index is 12.2. The van der Waals surface area contributed by atoms with Crippen LogP contribution in [-0.4, -0.2) is 22.0 Å². The Morgan fingerprint density at radius 1 is 1.32 bits per heavy atom. The van der Waals surface area contributed by atoms with Crippen LogP contribution < -0.4 is 21.9 Å². The van der Waals surface area contributed by atoms with E-state index in [9.17, 15) is 14.4 Å². The molecule has 1 aromatic heterocycles. The van der Waals surface area contributed by atoms with Crippen LogP contribution in [0.2, 0.25) is 0 Å². The van der Waals surface area contributed by atoms with Crippen LogP contribution in [0, 0.1) is 5.92 Å². The zero-order valence-corrected chi connectivity index (χ0v) is 13.8. The van der Waals surface area contributed by atoms with Crippen LogP contribution in [0.15, 0.2) is 9.59 Å². The van der Waals surface area contributed by atoms with Crippen molar-refractivity contribution in [2.45, 2.75) is 53.5 Å². The normalized spacial score (nSPS) is 11.0. The number of H-pyrrole nitrogens is 1. The van der Waals surface area contributed by atoms with Crippen LogP contribution in [0.25, 0.3) is 0 Å². The van der Waals surface area contributed by atoms with Crippen LogP contribution in [0.4, 0.5) is 11.5 Å². The number of carbonyl (C=O) groups is 1. The quantitative estimate of drug-likeness (QED) is 0.793. The van der Waals surface area contributed by atoms with Gasteiger partial charge < -0.3 is 10.6 Å². The van der Waals surface area contributed by atoms with Gasteiger partial charge in [-0.05, 0) is 12.3 Å². The number of carbonyl (C=O) groups excluding carboxylic acids is 1. The third-order valence-electron chi connectivity index (χ3n) is 3.37. The van der Waals surface area contributed by atoms with Crippen molar-refractivity contribution in [1.29, 1.82) is 0 Å². The van der Waals surface area contributed by atoms with Gasteiger partial charge in [0.25, 0.3) is 5.56 Å². The smallest absolute Gasteiger partial charge is 0.330 e. The fourth-order valence-electron chi connectivity index (χ4n) is 2.25. The van der Waals surface area contributed by atoms with Gasteiger partial charge in [0.15, 0.2) is 5.69 Å². The molecule has 1 heterocycles. The molecule has 0 fully saturated rings. The second kappa shape index (κ2) is 7.82. The monoisotopic (exact) mass is 310 g/mol. The number of aromatic amines is 1. The molecule has 0 atom stereocenters. The molecular formula is C15H26N4O3.